The molecule has 0 saturated heterocycles. The highest BCUT2D eigenvalue weighted by Gasteiger charge is 2.11. The van der Waals surface area contributed by atoms with Gasteiger partial charge in [-0.3, -0.25) is 0 Å². The molecular formula is C12H14N2O2S2. The van der Waals surface area contributed by atoms with Crippen LogP contribution < -0.4 is 5.32 Å². The van der Waals surface area contributed by atoms with Crippen LogP contribution in [0.5, 0.6) is 0 Å². The van der Waals surface area contributed by atoms with E-state index in [1.807, 2.05) is 0 Å². The van der Waals surface area contributed by atoms with Crippen LogP contribution in [0, 0.1) is 6.92 Å². The molecule has 2 aromatic heterocycles. The fourth-order valence-electron chi connectivity index (χ4n) is 1.40. The first-order chi connectivity index (χ1) is 8.69. The zero-order valence-electron chi connectivity index (χ0n) is 10.2. The summed E-state index contributed by atoms with van der Waals surface area (Å²) < 4.78 is 4.89. The number of esters is 1. The first-order valence-electron chi connectivity index (χ1n) is 5.61. The molecule has 2 heterocycles. The molecule has 0 amide bonds. The molecule has 4 nitrogen and oxygen atoms in total. The van der Waals surface area contributed by atoms with E-state index in [-0.39, 0.29) is 5.97 Å². The Labute approximate surface area is 114 Å². The maximum atomic E-state index is 11.4. The van der Waals surface area contributed by atoms with Gasteiger partial charge in [-0.15, -0.1) is 22.7 Å². The molecule has 0 atom stereocenters. The Bertz CT molecular complexity index is 534. The Kier molecular flexibility index (Phi) is 4.33. The number of carbonyl (C=O) groups excluding carboxylic acids is 1. The zero-order chi connectivity index (χ0) is 13.0. The van der Waals surface area contributed by atoms with Crippen molar-refractivity contribution in [3.8, 4) is 0 Å². The molecule has 2 aromatic rings. The fraction of sp³-hybridized carbons (Fsp3) is 0.333. The molecule has 0 spiro atoms. The van der Waals surface area contributed by atoms with Gasteiger partial charge < -0.3 is 10.1 Å². The van der Waals surface area contributed by atoms with Crippen molar-refractivity contribution >= 4 is 33.8 Å². The molecule has 96 valence electrons. The van der Waals surface area contributed by atoms with E-state index in [1.165, 1.54) is 21.1 Å². The van der Waals surface area contributed by atoms with E-state index in [1.54, 1.807) is 23.6 Å². The van der Waals surface area contributed by atoms with Crippen LogP contribution in [0.3, 0.4) is 0 Å². The normalized spacial score (nSPS) is 10.3. The average Bonchev–Trinajstić information content (AvgIpc) is 2.95. The van der Waals surface area contributed by atoms with Crippen LogP contribution in [0.4, 0.5) is 5.13 Å². The van der Waals surface area contributed by atoms with Crippen molar-refractivity contribution in [1.29, 1.82) is 0 Å². The molecule has 0 aliphatic heterocycles. The summed E-state index contributed by atoms with van der Waals surface area (Å²) in [6.45, 7) is 4.96. The first-order valence-corrected chi connectivity index (χ1v) is 7.30. The number of hydrogen-bond acceptors (Lipinski definition) is 6. The van der Waals surface area contributed by atoms with Gasteiger partial charge in [-0.25, -0.2) is 9.78 Å². The van der Waals surface area contributed by atoms with Crippen molar-refractivity contribution < 1.29 is 9.53 Å². The molecule has 0 aliphatic rings. The topological polar surface area (TPSA) is 51.2 Å². The van der Waals surface area contributed by atoms with Gasteiger partial charge in [0.15, 0.2) is 10.8 Å². The lowest BCUT2D eigenvalue weighted by molar-refractivity contribution is 0.0520. The quantitative estimate of drug-likeness (QED) is 0.855. The minimum absolute atomic E-state index is 0.367. The Morgan fingerprint density at radius 3 is 3.00 bits per heavy atom. The molecular weight excluding hydrogens is 268 g/mol. The van der Waals surface area contributed by atoms with Crippen LogP contribution in [0.1, 0.15) is 27.2 Å². The largest absolute Gasteiger partial charge is 0.461 e. The SMILES string of the molecule is CCOC(=O)c1csc(NCc2ccc(C)s2)n1. The van der Waals surface area contributed by atoms with Crippen molar-refractivity contribution in [3.05, 3.63) is 33.0 Å². The van der Waals surface area contributed by atoms with Crippen LogP contribution in [0.25, 0.3) is 0 Å². The number of anilines is 1. The lowest BCUT2D eigenvalue weighted by Crippen LogP contribution is -2.05. The summed E-state index contributed by atoms with van der Waals surface area (Å²) in [5, 5.41) is 5.65. The van der Waals surface area contributed by atoms with E-state index in [9.17, 15) is 4.79 Å². The summed E-state index contributed by atoms with van der Waals surface area (Å²) >= 11 is 3.16. The van der Waals surface area contributed by atoms with Crippen LogP contribution in [-0.2, 0) is 11.3 Å². The standard InChI is InChI=1S/C12H14N2O2S2/c1-3-16-11(15)10-7-17-12(14-10)13-6-9-5-4-8(2)18-9/h4-5,7H,3,6H2,1-2H3,(H,13,14). The van der Waals surface area contributed by atoms with Gasteiger partial charge in [0.1, 0.15) is 0 Å². The third kappa shape index (κ3) is 3.30. The predicted molar refractivity (Wildman–Crippen MR) is 74.5 cm³/mol. The third-order valence-corrected chi connectivity index (χ3v) is 4.00. The highest BCUT2D eigenvalue weighted by Crippen LogP contribution is 2.20. The molecule has 6 heteroatoms. The Morgan fingerprint density at radius 1 is 1.50 bits per heavy atom. The lowest BCUT2D eigenvalue weighted by atomic mass is 10.4. The number of carbonyl (C=O) groups is 1. The second-order valence-electron chi connectivity index (χ2n) is 3.62. The smallest absolute Gasteiger partial charge is 0.357 e. The molecule has 0 fully saturated rings. The number of nitrogens with one attached hydrogen (secondary N) is 1. The predicted octanol–water partition coefficient (Wildman–Crippen LogP) is 3.30. The minimum atomic E-state index is -0.367. The number of rotatable bonds is 5. The van der Waals surface area contributed by atoms with Gasteiger partial charge in [0.05, 0.1) is 13.2 Å². The number of ether oxygens (including phenoxy) is 1. The summed E-state index contributed by atoms with van der Waals surface area (Å²) in [7, 11) is 0. The zero-order valence-corrected chi connectivity index (χ0v) is 11.9. The van der Waals surface area contributed by atoms with Gasteiger partial charge in [-0.05, 0) is 26.0 Å². The fourth-order valence-corrected chi connectivity index (χ4v) is 2.91. The molecule has 0 unspecified atom stereocenters. The van der Waals surface area contributed by atoms with Gasteiger partial charge >= 0.3 is 5.97 Å². The third-order valence-electron chi connectivity index (χ3n) is 2.20. The van der Waals surface area contributed by atoms with Gasteiger partial charge in [0.2, 0.25) is 0 Å². The van der Waals surface area contributed by atoms with Crippen molar-refractivity contribution in [2.45, 2.75) is 20.4 Å². The van der Waals surface area contributed by atoms with Gasteiger partial charge in [-0.2, -0.15) is 0 Å². The van der Waals surface area contributed by atoms with Crippen molar-refractivity contribution in [3.63, 3.8) is 0 Å². The maximum Gasteiger partial charge on any atom is 0.357 e. The van der Waals surface area contributed by atoms with Gasteiger partial charge in [0.25, 0.3) is 0 Å². The van der Waals surface area contributed by atoms with Crippen LogP contribution >= 0.6 is 22.7 Å². The van der Waals surface area contributed by atoms with Gasteiger partial charge in [-0.1, -0.05) is 0 Å². The molecule has 0 saturated carbocycles. The van der Waals surface area contributed by atoms with E-state index in [2.05, 4.69) is 29.4 Å². The number of thiazole rings is 1. The number of thiophene rings is 1. The van der Waals surface area contributed by atoms with Crippen molar-refractivity contribution in [2.75, 3.05) is 11.9 Å². The van der Waals surface area contributed by atoms with Crippen LogP contribution in [-0.4, -0.2) is 17.6 Å². The lowest BCUT2D eigenvalue weighted by Gasteiger charge is -1.99. The van der Waals surface area contributed by atoms with Crippen LogP contribution in [0.15, 0.2) is 17.5 Å². The average molecular weight is 282 g/mol. The van der Waals surface area contributed by atoms with E-state index in [0.717, 1.165) is 11.7 Å². The highest BCUT2D eigenvalue weighted by molar-refractivity contribution is 7.14. The van der Waals surface area contributed by atoms with E-state index in [0.29, 0.717) is 12.3 Å². The highest BCUT2D eigenvalue weighted by atomic mass is 32.1. The van der Waals surface area contributed by atoms with Crippen molar-refractivity contribution in [2.24, 2.45) is 0 Å². The molecule has 0 aromatic carbocycles. The molecule has 0 aliphatic carbocycles. The summed E-state index contributed by atoms with van der Waals surface area (Å²) in [6, 6.07) is 4.18. The minimum Gasteiger partial charge on any atom is -0.461 e. The van der Waals surface area contributed by atoms with E-state index >= 15 is 0 Å². The van der Waals surface area contributed by atoms with Crippen molar-refractivity contribution in [1.82, 2.24) is 4.98 Å². The maximum absolute atomic E-state index is 11.4. The molecule has 2 rings (SSSR count). The summed E-state index contributed by atoms with van der Waals surface area (Å²) in [5.41, 5.74) is 0.367. The van der Waals surface area contributed by atoms with Crippen LogP contribution in [0.2, 0.25) is 0 Å². The molecule has 0 radical (unpaired) electrons. The van der Waals surface area contributed by atoms with E-state index < -0.39 is 0 Å². The monoisotopic (exact) mass is 282 g/mol. The molecule has 1 N–H and O–H groups in total. The van der Waals surface area contributed by atoms with E-state index in [4.69, 9.17) is 4.74 Å². The number of hydrogen-bond donors (Lipinski definition) is 1. The number of nitrogens with zero attached hydrogens (tertiary/aromatic N) is 1. The Morgan fingerprint density at radius 2 is 2.33 bits per heavy atom. The summed E-state index contributed by atoms with van der Waals surface area (Å²) in [4.78, 5) is 18.2. The second-order valence-corrected chi connectivity index (χ2v) is 5.85. The van der Waals surface area contributed by atoms with Gasteiger partial charge in [0, 0.05) is 15.1 Å². The molecule has 0 bridgehead atoms. The Hall–Kier alpha value is -1.40. The summed E-state index contributed by atoms with van der Waals surface area (Å²) in [5.74, 6) is -0.367. The summed E-state index contributed by atoms with van der Waals surface area (Å²) in [6.07, 6.45) is 0. The number of aryl methyl sites for hydroxylation is 1. The number of aromatic nitrogens is 1. The first kappa shape index (κ1) is 13.0. The second kappa shape index (κ2) is 5.97. The Balaban J connectivity index is 1.92. The molecule has 18 heavy (non-hydrogen) atoms.